The molecule has 2 aromatic carbocycles. The van der Waals surface area contributed by atoms with Crippen LogP contribution in [0.25, 0.3) is 0 Å². The lowest BCUT2D eigenvalue weighted by Gasteiger charge is -2.36. The summed E-state index contributed by atoms with van der Waals surface area (Å²) in [6, 6.07) is 13.6. The normalized spacial score (nSPS) is 15.8. The fourth-order valence-corrected chi connectivity index (χ4v) is 4.31. The summed E-state index contributed by atoms with van der Waals surface area (Å²) < 4.78 is 11.2. The minimum absolute atomic E-state index is 0.0868. The number of unbranched alkanes of at least 4 members (excludes halogenated alkanes) is 2. The van der Waals surface area contributed by atoms with Crippen molar-refractivity contribution in [2.45, 2.75) is 32.6 Å². The second kappa shape index (κ2) is 10.8. The number of para-hydroxylation sites is 2. The van der Waals surface area contributed by atoms with E-state index in [4.69, 9.17) is 26.1 Å². The Morgan fingerprint density at radius 2 is 1.88 bits per heavy atom. The van der Waals surface area contributed by atoms with E-state index in [1.54, 1.807) is 0 Å². The van der Waals surface area contributed by atoms with Crippen LogP contribution in [0, 0.1) is 0 Å². The molecule has 0 amide bonds. The van der Waals surface area contributed by atoms with E-state index in [2.05, 4.69) is 9.80 Å². The van der Waals surface area contributed by atoms with Crippen molar-refractivity contribution in [3.63, 3.8) is 0 Å². The molecule has 0 spiro atoms. The molecule has 4 rings (SSSR count). The number of piperazine rings is 1. The van der Waals surface area contributed by atoms with E-state index < -0.39 is 0 Å². The molecule has 0 atom stereocenters. The third-order valence-electron chi connectivity index (χ3n) is 5.83. The van der Waals surface area contributed by atoms with Crippen LogP contribution in [0.3, 0.4) is 0 Å². The first kappa shape index (κ1) is 22.6. The molecule has 0 radical (unpaired) electrons. The number of carbonyl (C=O) groups excluding carboxylic acids is 1. The van der Waals surface area contributed by atoms with Crippen LogP contribution >= 0.6 is 11.6 Å². The highest BCUT2D eigenvalue weighted by atomic mass is 35.5. The van der Waals surface area contributed by atoms with Gasteiger partial charge in [0, 0.05) is 37.6 Å². The summed E-state index contributed by atoms with van der Waals surface area (Å²) in [7, 11) is 0. The monoisotopic (exact) mass is 455 g/mol. The van der Waals surface area contributed by atoms with Crippen LogP contribution in [0.15, 0.2) is 47.5 Å². The maximum Gasteiger partial charge on any atom is 0.305 e. The Labute approximate surface area is 194 Å². The third-order valence-corrected chi connectivity index (χ3v) is 6.06. The average molecular weight is 456 g/mol. The molecule has 0 aromatic heterocycles. The van der Waals surface area contributed by atoms with E-state index in [9.17, 15) is 4.79 Å². The van der Waals surface area contributed by atoms with Gasteiger partial charge in [-0.15, -0.1) is 0 Å². The Bertz CT molecular complexity index is 971. The van der Waals surface area contributed by atoms with E-state index in [1.165, 1.54) is 0 Å². The largest absolute Gasteiger partial charge is 0.466 e. The summed E-state index contributed by atoms with van der Waals surface area (Å²) in [5.74, 6) is 2.37. The Kier molecular flexibility index (Phi) is 7.66. The zero-order chi connectivity index (χ0) is 22.3. The highest BCUT2D eigenvalue weighted by molar-refractivity contribution is 6.31. The predicted octanol–water partition coefficient (Wildman–Crippen LogP) is 5.27. The molecular weight excluding hydrogens is 426 g/mol. The molecule has 0 unspecified atom stereocenters. The maximum atomic E-state index is 11.4. The van der Waals surface area contributed by atoms with E-state index in [1.807, 2.05) is 49.4 Å². The Morgan fingerprint density at radius 1 is 1.06 bits per heavy atom. The van der Waals surface area contributed by atoms with Gasteiger partial charge >= 0.3 is 5.97 Å². The molecule has 2 aromatic rings. The van der Waals surface area contributed by atoms with E-state index in [-0.39, 0.29) is 5.97 Å². The van der Waals surface area contributed by atoms with Gasteiger partial charge in [-0.2, -0.15) is 0 Å². The Hall–Kier alpha value is -2.57. The van der Waals surface area contributed by atoms with E-state index in [0.717, 1.165) is 80.6 Å². The number of ether oxygens (including phenoxy) is 2. The van der Waals surface area contributed by atoms with Crippen molar-refractivity contribution in [1.29, 1.82) is 0 Å². The molecular formula is C25H30ClN3O3. The molecule has 0 saturated carbocycles. The highest BCUT2D eigenvalue weighted by Crippen LogP contribution is 2.38. The van der Waals surface area contributed by atoms with Crippen LogP contribution in [0.2, 0.25) is 5.02 Å². The summed E-state index contributed by atoms with van der Waals surface area (Å²) in [6.07, 6.45) is 3.56. The summed E-state index contributed by atoms with van der Waals surface area (Å²) in [5, 5.41) is 0.674. The molecule has 2 heterocycles. The van der Waals surface area contributed by atoms with Crippen molar-refractivity contribution < 1.29 is 14.3 Å². The van der Waals surface area contributed by atoms with Crippen molar-refractivity contribution in [3.05, 3.63) is 53.1 Å². The Balaban J connectivity index is 1.36. The van der Waals surface area contributed by atoms with Gasteiger partial charge in [0.1, 0.15) is 17.3 Å². The topological polar surface area (TPSA) is 54.4 Å². The fraction of sp³-hybridized carbons (Fsp3) is 0.440. The van der Waals surface area contributed by atoms with Gasteiger partial charge in [-0.05, 0) is 56.6 Å². The van der Waals surface area contributed by atoms with Gasteiger partial charge in [0.15, 0.2) is 5.75 Å². The lowest BCUT2D eigenvalue weighted by atomic mass is 10.1. The molecule has 1 saturated heterocycles. The maximum absolute atomic E-state index is 11.4. The molecule has 2 aliphatic heterocycles. The minimum Gasteiger partial charge on any atom is -0.466 e. The van der Waals surface area contributed by atoms with Crippen molar-refractivity contribution in [2.75, 3.05) is 39.3 Å². The zero-order valence-electron chi connectivity index (χ0n) is 18.6. The van der Waals surface area contributed by atoms with Gasteiger partial charge in [0.25, 0.3) is 0 Å². The van der Waals surface area contributed by atoms with Crippen LogP contribution in [0.1, 0.15) is 38.2 Å². The summed E-state index contributed by atoms with van der Waals surface area (Å²) in [6.45, 7) is 7.12. The van der Waals surface area contributed by atoms with Gasteiger partial charge < -0.3 is 14.4 Å². The molecule has 1 fully saturated rings. The van der Waals surface area contributed by atoms with Crippen molar-refractivity contribution >= 4 is 29.1 Å². The van der Waals surface area contributed by atoms with Gasteiger partial charge in [-0.3, -0.25) is 9.69 Å². The van der Waals surface area contributed by atoms with Crippen LogP contribution in [0.4, 0.5) is 5.69 Å². The zero-order valence-corrected chi connectivity index (χ0v) is 19.3. The predicted molar refractivity (Wildman–Crippen MR) is 127 cm³/mol. The van der Waals surface area contributed by atoms with Crippen molar-refractivity contribution in [2.24, 2.45) is 4.99 Å². The number of rotatable bonds is 7. The molecule has 6 nitrogen and oxygen atoms in total. The fourth-order valence-electron chi connectivity index (χ4n) is 4.13. The second-order valence-electron chi connectivity index (χ2n) is 8.09. The SMILES string of the molecule is CCOC(=O)CCCCCN1CCN(C2=Nc3ccccc3Oc3ccc(Cl)cc32)CC1. The van der Waals surface area contributed by atoms with Crippen LogP contribution in [0.5, 0.6) is 11.5 Å². The first-order chi connectivity index (χ1) is 15.6. The number of aliphatic imine (C=N–C) groups is 1. The standard InChI is InChI=1S/C25H30ClN3O3/c1-2-31-24(30)10-4-3-7-13-28-14-16-29(17-15-28)25-20-18-19(26)11-12-22(20)32-23-9-6-5-8-21(23)27-25/h5-6,8-9,11-12,18H,2-4,7,10,13-17H2,1H3. The molecule has 0 aliphatic carbocycles. The number of amidine groups is 1. The van der Waals surface area contributed by atoms with E-state index in [0.29, 0.717) is 18.1 Å². The van der Waals surface area contributed by atoms with Crippen LogP contribution in [-0.4, -0.2) is 60.9 Å². The number of hydrogen-bond donors (Lipinski definition) is 0. The number of esters is 1. The van der Waals surface area contributed by atoms with Crippen molar-refractivity contribution in [1.82, 2.24) is 9.80 Å². The summed E-state index contributed by atoms with van der Waals surface area (Å²) in [5.41, 5.74) is 1.76. The Morgan fingerprint density at radius 3 is 2.69 bits per heavy atom. The van der Waals surface area contributed by atoms with Gasteiger partial charge in [-0.25, -0.2) is 4.99 Å². The van der Waals surface area contributed by atoms with E-state index >= 15 is 0 Å². The number of fused-ring (bicyclic) bond motifs is 2. The lowest BCUT2D eigenvalue weighted by molar-refractivity contribution is -0.143. The number of nitrogens with zero attached hydrogens (tertiary/aromatic N) is 3. The second-order valence-corrected chi connectivity index (χ2v) is 8.53. The number of halogens is 1. The van der Waals surface area contributed by atoms with Gasteiger partial charge in [0.2, 0.25) is 0 Å². The number of benzene rings is 2. The first-order valence-corrected chi connectivity index (χ1v) is 11.8. The minimum atomic E-state index is -0.0868. The van der Waals surface area contributed by atoms with Crippen LogP contribution < -0.4 is 4.74 Å². The number of carbonyl (C=O) groups is 1. The summed E-state index contributed by atoms with van der Waals surface area (Å²) in [4.78, 5) is 21.2. The number of hydrogen-bond acceptors (Lipinski definition) is 6. The first-order valence-electron chi connectivity index (χ1n) is 11.4. The molecule has 0 bridgehead atoms. The molecule has 0 N–H and O–H groups in total. The highest BCUT2D eigenvalue weighted by Gasteiger charge is 2.26. The quantitative estimate of drug-likeness (QED) is 0.420. The molecule has 2 aliphatic rings. The smallest absolute Gasteiger partial charge is 0.305 e. The third kappa shape index (κ3) is 5.61. The molecule has 32 heavy (non-hydrogen) atoms. The van der Waals surface area contributed by atoms with Gasteiger partial charge in [0.05, 0.1) is 12.2 Å². The van der Waals surface area contributed by atoms with Gasteiger partial charge in [-0.1, -0.05) is 30.2 Å². The van der Waals surface area contributed by atoms with Crippen molar-refractivity contribution in [3.8, 4) is 11.5 Å². The summed E-state index contributed by atoms with van der Waals surface area (Å²) >= 11 is 6.32. The van der Waals surface area contributed by atoms with Crippen LogP contribution in [-0.2, 0) is 9.53 Å². The molecule has 7 heteroatoms. The average Bonchev–Trinajstić information content (AvgIpc) is 2.96. The molecule has 170 valence electrons. The lowest BCUT2D eigenvalue weighted by Crippen LogP contribution is -2.49.